The minimum Gasteiger partial charge on any atom is -0.461 e. The van der Waals surface area contributed by atoms with Crippen LogP contribution in [0.3, 0.4) is 0 Å². The average molecular weight is 615 g/mol. The van der Waals surface area contributed by atoms with Crippen molar-refractivity contribution in [2.75, 3.05) is 38.2 Å². The van der Waals surface area contributed by atoms with Crippen molar-refractivity contribution < 1.29 is 13.9 Å². The van der Waals surface area contributed by atoms with Gasteiger partial charge in [-0.15, -0.1) is 0 Å². The van der Waals surface area contributed by atoms with Crippen LogP contribution in [-0.4, -0.2) is 81.6 Å². The van der Waals surface area contributed by atoms with Gasteiger partial charge >= 0.3 is 6.01 Å². The Morgan fingerprint density at radius 3 is 2.70 bits per heavy atom. The Labute approximate surface area is 261 Å². The molecule has 44 heavy (non-hydrogen) atoms. The van der Waals surface area contributed by atoms with Gasteiger partial charge in [-0.05, 0) is 69.6 Å². The zero-order valence-electron chi connectivity index (χ0n) is 25.1. The average Bonchev–Trinajstić information content (AvgIpc) is 3.73. The summed E-state index contributed by atoms with van der Waals surface area (Å²) in [5, 5.41) is 2.64. The van der Waals surface area contributed by atoms with Crippen LogP contribution in [0.25, 0.3) is 32.9 Å². The molecule has 3 fully saturated rings. The van der Waals surface area contributed by atoms with Gasteiger partial charge in [-0.25, -0.2) is 4.39 Å². The maximum Gasteiger partial charge on any atom is 0.319 e. The Hall–Kier alpha value is -3.82. The first-order valence-electron chi connectivity index (χ1n) is 15.4. The molecule has 0 saturated carbocycles. The number of benzene rings is 2. The van der Waals surface area contributed by atoms with Crippen molar-refractivity contribution in [2.45, 2.75) is 56.7 Å². The molecular formula is C34H36ClFN6O2. The molecule has 0 radical (unpaired) electrons. The summed E-state index contributed by atoms with van der Waals surface area (Å²) < 4.78 is 23.1. The number of hydrogen-bond acceptors (Lipinski definition) is 7. The van der Waals surface area contributed by atoms with E-state index in [9.17, 15) is 4.79 Å². The molecule has 0 bridgehead atoms. The maximum absolute atomic E-state index is 16.7. The van der Waals surface area contributed by atoms with E-state index in [-0.39, 0.29) is 40.8 Å². The highest BCUT2D eigenvalue weighted by molar-refractivity contribution is 6.36. The third kappa shape index (κ3) is 4.77. The van der Waals surface area contributed by atoms with Crippen LogP contribution in [-0.2, 0) is 4.79 Å². The van der Waals surface area contributed by atoms with Crippen LogP contribution in [0.5, 0.6) is 6.01 Å². The van der Waals surface area contributed by atoms with E-state index in [1.54, 1.807) is 12.3 Å². The van der Waals surface area contributed by atoms with Crippen LogP contribution < -0.4 is 9.64 Å². The number of nitrogens with zero attached hydrogens (tertiary/aromatic N) is 6. The van der Waals surface area contributed by atoms with Gasteiger partial charge in [0.15, 0.2) is 5.82 Å². The molecule has 3 aliphatic heterocycles. The molecular weight excluding hydrogens is 579 g/mol. The molecule has 4 aromatic rings. The maximum atomic E-state index is 16.7. The lowest BCUT2D eigenvalue weighted by molar-refractivity contribution is -0.126. The lowest BCUT2D eigenvalue weighted by Gasteiger charge is -2.31. The topological polar surface area (TPSA) is 74.7 Å². The van der Waals surface area contributed by atoms with E-state index >= 15 is 4.39 Å². The van der Waals surface area contributed by atoms with E-state index in [0.29, 0.717) is 34.9 Å². The number of fused-ring (bicyclic) bond motifs is 3. The first kappa shape index (κ1) is 28.9. The molecule has 0 unspecified atom stereocenters. The number of rotatable bonds is 7. The number of carbonyl (C=O) groups is 1. The molecule has 2 atom stereocenters. The summed E-state index contributed by atoms with van der Waals surface area (Å²) >= 11 is 6.61. The molecule has 0 aliphatic carbocycles. The van der Waals surface area contributed by atoms with E-state index in [2.05, 4.69) is 21.4 Å². The fourth-order valence-corrected chi connectivity index (χ4v) is 7.86. The predicted octanol–water partition coefficient (Wildman–Crippen LogP) is 6.26. The van der Waals surface area contributed by atoms with Gasteiger partial charge in [0.25, 0.3) is 0 Å². The number of pyridine rings is 1. The van der Waals surface area contributed by atoms with Crippen molar-refractivity contribution in [2.24, 2.45) is 0 Å². The number of hydrogen-bond donors (Lipinski definition) is 0. The molecule has 7 rings (SSSR count). The highest BCUT2D eigenvalue weighted by Gasteiger charge is 2.45. The summed E-state index contributed by atoms with van der Waals surface area (Å²) in [5.41, 5.74) is 0.891. The minimum atomic E-state index is -0.554. The quantitative estimate of drug-likeness (QED) is 0.228. The predicted molar refractivity (Wildman–Crippen MR) is 172 cm³/mol. The van der Waals surface area contributed by atoms with Crippen molar-refractivity contribution in [3.05, 3.63) is 66.1 Å². The number of likely N-dealkylation sites (N-methyl/N-ethyl adjacent to an activating group) is 1. The van der Waals surface area contributed by atoms with Gasteiger partial charge in [0.1, 0.15) is 23.6 Å². The second-order valence-electron chi connectivity index (χ2n) is 12.4. The number of carbonyl (C=O) groups excluding carboxylic acids is 1. The summed E-state index contributed by atoms with van der Waals surface area (Å²) in [6, 6.07) is 11.4. The molecule has 2 aromatic heterocycles. The Morgan fingerprint density at radius 2 is 1.95 bits per heavy atom. The lowest BCUT2D eigenvalue weighted by atomic mass is 9.95. The molecule has 8 nitrogen and oxygen atoms in total. The summed E-state index contributed by atoms with van der Waals surface area (Å²) in [5.74, 6) is -0.134. The van der Waals surface area contributed by atoms with E-state index in [1.807, 2.05) is 54.1 Å². The van der Waals surface area contributed by atoms with Crippen molar-refractivity contribution in [3.63, 3.8) is 0 Å². The van der Waals surface area contributed by atoms with Crippen LogP contribution in [0.1, 0.15) is 39.0 Å². The van der Waals surface area contributed by atoms with Gasteiger partial charge in [0, 0.05) is 47.8 Å². The van der Waals surface area contributed by atoms with Crippen LogP contribution >= 0.6 is 11.6 Å². The summed E-state index contributed by atoms with van der Waals surface area (Å²) in [6.45, 7) is 8.80. The van der Waals surface area contributed by atoms with Gasteiger partial charge in [-0.1, -0.05) is 48.5 Å². The minimum absolute atomic E-state index is 0.0154. The highest BCUT2D eigenvalue weighted by Crippen LogP contribution is 2.41. The van der Waals surface area contributed by atoms with E-state index in [0.717, 1.165) is 56.0 Å². The fourth-order valence-electron chi connectivity index (χ4n) is 7.58. The summed E-state index contributed by atoms with van der Waals surface area (Å²) in [7, 11) is 1.93. The number of likely N-dealkylation sites (tertiary alicyclic amines) is 1. The second kappa shape index (κ2) is 11.3. The van der Waals surface area contributed by atoms with Crippen molar-refractivity contribution in [1.29, 1.82) is 0 Å². The first-order chi connectivity index (χ1) is 21.3. The number of halogens is 2. The van der Waals surface area contributed by atoms with Crippen molar-refractivity contribution in [1.82, 2.24) is 24.8 Å². The molecule has 0 N–H and O–H groups in total. The SMILES string of the molecule is C=CC(=O)N1C[C@H](N(C)c2nc(OCC34CCCN3CCC4)nc3c(F)c(-c4cccc5cccc(Cl)c45)ncc23)C[C@H]1C. The molecule has 10 heteroatoms. The normalized spacial score (nSPS) is 21.2. The van der Waals surface area contributed by atoms with Crippen LogP contribution in [0, 0.1) is 5.82 Å². The van der Waals surface area contributed by atoms with E-state index in [4.69, 9.17) is 21.3 Å². The standard InChI is InChI=1S/C34H36ClFN6O2/c1-4-27(43)42-19-23(17-21(42)2)40(3)32-25-18-37-30(24-11-5-9-22-10-6-12-26(35)28(22)24)29(36)31(25)38-33(39-32)44-20-34-13-7-15-41(34)16-8-14-34/h4-6,9-12,18,21,23H,1,7-8,13-17,19-20H2,2-3H3/t21-,23-/m1/s1. The van der Waals surface area contributed by atoms with E-state index < -0.39 is 5.82 Å². The highest BCUT2D eigenvalue weighted by atomic mass is 35.5. The lowest BCUT2D eigenvalue weighted by Crippen LogP contribution is -2.43. The van der Waals surface area contributed by atoms with Gasteiger partial charge in [-0.2, -0.15) is 9.97 Å². The molecule has 228 valence electrons. The van der Waals surface area contributed by atoms with Gasteiger partial charge in [0.2, 0.25) is 5.91 Å². The largest absolute Gasteiger partial charge is 0.461 e. The monoisotopic (exact) mass is 614 g/mol. The molecule has 0 spiro atoms. The number of anilines is 1. The zero-order chi connectivity index (χ0) is 30.6. The second-order valence-corrected chi connectivity index (χ2v) is 12.8. The zero-order valence-corrected chi connectivity index (χ0v) is 25.9. The molecule has 3 aliphatic rings. The fraction of sp³-hybridized carbons (Fsp3) is 0.412. The Balaban J connectivity index is 1.33. The third-order valence-corrected chi connectivity index (χ3v) is 10.2. The third-order valence-electron chi connectivity index (χ3n) is 9.93. The smallest absolute Gasteiger partial charge is 0.319 e. The number of amides is 1. The summed E-state index contributed by atoms with van der Waals surface area (Å²) in [4.78, 5) is 33.0. The summed E-state index contributed by atoms with van der Waals surface area (Å²) in [6.07, 6.45) is 8.16. The number of ether oxygens (including phenoxy) is 1. The van der Waals surface area contributed by atoms with Gasteiger partial charge in [-0.3, -0.25) is 14.7 Å². The number of aromatic nitrogens is 3. The van der Waals surface area contributed by atoms with Crippen molar-refractivity contribution >= 4 is 45.0 Å². The molecule has 5 heterocycles. The first-order valence-corrected chi connectivity index (χ1v) is 15.7. The molecule has 1 amide bonds. The Kier molecular flexibility index (Phi) is 7.41. The van der Waals surface area contributed by atoms with Crippen LogP contribution in [0.4, 0.5) is 10.2 Å². The van der Waals surface area contributed by atoms with Crippen LogP contribution in [0.15, 0.2) is 55.3 Å². The van der Waals surface area contributed by atoms with E-state index in [1.165, 1.54) is 6.08 Å². The van der Waals surface area contributed by atoms with Gasteiger partial charge < -0.3 is 14.5 Å². The van der Waals surface area contributed by atoms with Crippen molar-refractivity contribution in [3.8, 4) is 17.3 Å². The molecule has 3 saturated heterocycles. The Morgan fingerprint density at radius 1 is 1.20 bits per heavy atom. The molecule has 2 aromatic carbocycles. The van der Waals surface area contributed by atoms with Crippen LogP contribution in [0.2, 0.25) is 5.02 Å². The Bertz CT molecular complexity index is 1770. The van der Waals surface area contributed by atoms with Gasteiger partial charge in [0.05, 0.1) is 10.9 Å².